The molecule has 0 aromatic heterocycles. The number of rotatable bonds is 5. The molecule has 3 fully saturated rings. The van der Waals surface area contributed by atoms with Crippen molar-refractivity contribution in [1.29, 1.82) is 0 Å². The Morgan fingerprint density at radius 2 is 1.85 bits per heavy atom. The Kier molecular flexibility index (Phi) is 5.24. The van der Waals surface area contributed by atoms with Crippen molar-refractivity contribution >= 4 is 15.9 Å². The quantitative estimate of drug-likeness (QED) is 0.769. The lowest BCUT2D eigenvalue weighted by atomic mass is 9.92. The smallest absolute Gasteiger partial charge is 0.243 e. The van der Waals surface area contributed by atoms with Gasteiger partial charge in [0.2, 0.25) is 15.9 Å². The second-order valence-electron chi connectivity index (χ2n) is 7.75. The van der Waals surface area contributed by atoms with Crippen LogP contribution < -0.4 is 10.6 Å². The number of nitrogens with one attached hydrogen (secondary N) is 2. The molecule has 0 radical (unpaired) electrons. The Morgan fingerprint density at radius 1 is 1.19 bits per heavy atom. The monoisotopic (exact) mass is 393 g/mol. The Hall–Kier alpha value is -1.48. The Bertz CT molecular complexity index is 782. The number of hydrogen-bond donors (Lipinski definition) is 2. The number of piperidine rings is 1. The van der Waals surface area contributed by atoms with Gasteiger partial charge in [0.25, 0.3) is 0 Å². The molecule has 2 heterocycles. The second kappa shape index (κ2) is 7.50. The van der Waals surface area contributed by atoms with Gasteiger partial charge in [0.05, 0.1) is 18.1 Å². The molecule has 1 unspecified atom stereocenters. The summed E-state index contributed by atoms with van der Waals surface area (Å²) in [6.45, 7) is 4.08. The molecule has 1 amide bonds. The molecule has 1 aliphatic carbocycles. The molecule has 0 bridgehead atoms. The van der Waals surface area contributed by atoms with Gasteiger partial charge in [-0.05, 0) is 55.5 Å². The molecule has 1 spiro atoms. The summed E-state index contributed by atoms with van der Waals surface area (Å²) in [4.78, 5) is 12.7. The van der Waals surface area contributed by atoms with E-state index in [9.17, 15) is 13.2 Å². The zero-order valence-corrected chi connectivity index (χ0v) is 16.3. The lowest BCUT2D eigenvalue weighted by molar-refractivity contribution is -0.123. The fourth-order valence-corrected chi connectivity index (χ4v) is 5.63. The minimum atomic E-state index is -3.47. The van der Waals surface area contributed by atoms with Crippen LogP contribution in [-0.2, 0) is 26.1 Å². The van der Waals surface area contributed by atoms with Crippen LogP contribution in [-0.4, -0.2) is 58.0 Å². The van der Waals surface area contributed by atoms with Crippen LogP contribution in [0, 0.1) is 11.3 Å². The second-order valence-corrected chi connectivity index (χ2v) is 9.69. The standard InChI is InChI=1S/C19H27N3O4S/c23-18(17-13-19(17)5-7-20-8-6-19)21-14-15-1-3-16(4-2-15)27(24,25)22-9-11-26-12-10-22/h1-4,17,20H,5-14H2,(H,21,23). The van der Waals surface area contributed by atoms with E-state index in [0.717, 1.165) is 37.9 Å². The normalized spacial score (nSPS) is 25.3. The first-order valence-electron chi connectivity index (χ1n) is 9.67. The van der Waals surface area contributed by atoms with Gasteiger partial charge in [-0.15, -0.1) is 0 Å². The fraction of sp³-hybridized carbons (Fsp3) is 0.632. The number of amides is 1. The van der Waals surface area contributed by atoms with E-state index in [1.165, 1.54) is 4.31 Å². The first-order valence-corrected chi connectivity index (χ1v) is 11.1. The average molecular weight is 394 g/mol. The summed E-state index contributed by atoms with van der Waals surface area (Å²) in [6.07, 6.45) is 3.16. The van der Waals surface area contributed by atoms with Crippen molar-refractivity contribution < 1.29 is 17.9 Å². The summed E-state index contributed by atoms with van der Waals surface area (Å²) in [7, 11) is -3.47. The zero-order chi connectivity index (χ0) is 18.9. The maximum atomic E-state index is 12.6. The Labute approximate surface area is 160 Å². The van der Waals surface area contributed by atoms with E-state index in [1.807, 2.05) is 0 Å². The van der Waals surface area contributed by atoms with Gasteiger partial charge in [0, 0.05) is 25.6 Å². The summed E-state index contributed by atoms with van der Waals surface area (Å²) in [6, 6.07) is 6.80. The SMILES string of the molecule is O=C(NCc1ccc(S(=O)(=O)N2CCOCC2)cc1)C1CC12CCNCC2. The van der Waals surface area contributed by atoms with Gasteiger partial charge in [-0.3, -0.25) is 4.79 Å². The lowest BCUT2D eigenvalue weighted by Gasteiger charge is -2.26. The van der Waals surface area contributed by atoms with E-state index in [1.54, 1.807) is 24.3 Å². The van der Waals surface area contributed by atoms with Crippen LogP contribution in [0.5, 0.6) is 0 Å². The first kappa shape index (κ1) is 18.9. The minimum Gasteiger partial charge on any atom is -0.379 e. The van der Waals surface area contributed by atoms with Gasteiger partial charge in [-0.2, -0.15) is 4.31 Å². The third-order valence-electron chi connectivity index (χ3n) is 6.10. The highest BCUT2D eigenvalue weighted by molar-refractivity contribution is 7.89. The van der Waals surface area contributed by atoms with Crippen molar-refractivity contribution in [3.8, 4) is 0 Å². The van der Waals surface area contributed by atoms with Crippen molar-refractivity contribution in [2.75, 3.05) is 39.4 Å². The van der Waals surface area contributed by atoms with Crippen LogP contribution in [0.15, 0.2) is 29.2 Å². The van der Waals surface area contributed by atoms with E-state index < -0.39 is 10.0 Å². The number of morpholine rings is 1. The molecule has 3 aliphatic rings. The van der Waals surface area contributed by atoms with Crippen molar-refractivity contribution in [2.45, 2.75) is 30.7 Å². The first-order chi connectivity index (χ1) is 13.0. The molecular formula is C19H27N3O4S. The molecule has 7 nitrogen and oxygen atoms in total. The van der Waals surface area contributed by atoms with E-state index in [0.29, 0.717) is 32.8 Å². The summed E-state index contributed by atoms with van der Waals surface area (Å²) in [5.74, 6) is 0.266. The summed E-state index contributed by atoms with van der Waals surface area (Å²) in [5, 5.41) is 6.37. The number of sulfonamides is 1. The molecule has 8 heteroatoms. The third kappa shape index (κ3) is 3.89. The molecule has 1 aromatic carbocycles. The molecule has 1 saturated carbocycles. The maximum absolute atomic E-state index is 12.6. The maximum Gasteiger partial charge on any atom is 0.243 e. The Morgan fingerprint density at radius 3 is 2.52 bits per heavy atom. The van der Waals surface area contributed by atoms with Crippen LogP contribution in [0.3, 0.4) is 0 Å². The van der Waals surface area contributed by atoms with Gasteiger partial charge >= 0.3 is 0 Å². The van der Waals surface area contributed by atoms with E-state index in [4.69, 9.17) is 4.74 Å². The predicted molar refractivity (Wildman–Crippen MR) is 101 cm³/mol. The predicted octanol–water partition coefficient (Wildman–Crippen LogP) is 0.713. The number of benzene rings is 1. The molecule has 27 heavy (non-hydrogen) atoms. The summed E-state index contributed by atoms with van der Waals surface area (Å²) in [5.41, 5.74) is 1.13. The van der Waals surface area contributed by atoms with Crippen LogP contribution in [0.1, 0.15) is 24.8 Å². The van der Waals surface area contributed by atoms with Crippen molar-refractivity contribution in [1.82, 2.24) is 14.9 Å². The molecule has 148 valence electrons. The van der Waals surface area contributed by atoms with Gasteiger partial charge in [0.1, 0.15) is 0 Å². The highest BCUT2D eigenvalue weighted by Gasteiger charge is 2.57. The van der Waals surface area contributed by atoms with Crippen LogP contribution in [0.2, 0.25) is 0 Å². The van der Waals surface area contributed by atoms with E-state index in [2.05, 4.69) is 10.6 Å². The van der Waals surface area contributed by atoms with Crippen LogP contribution in [0.25, 0.3) is 0 Å². The molecule has 2 saturated heterocycles. The molecule has 2 aliphatic heterocycles. The minimum absolute atomic E-state index is 0.127. The lowest BCUT2D eigenvalue weighted by Crippen LogP contribution is -2.40. The van der Waals surface area contributed by atoms with Gasteiger partial charge in [-0.1, -0.05) is 12.1 Å². The summed E-state index contributed by atoms with van der Waals surface area (Å²) < 4.78 is 31.9. The average Bonchev–Trinajstić information content (AvgIpc) is 3.40. The zero-order valence-electron chi connectivity index (χ0n) is 15.4. The van der Waals surface area contributed by atoms with Gasteiger partial charge in [-0.25, -0.2) is 8.42 Å². The highest BCUT2D eigenvalue weighted by atomic mass is 32.2. The number of carbonyl (C=O) groups excluding carboxylic acids is 1. The van der Waals surface area contributed by atoms with Crippen LogP contribution >= 0.6 is 0 Å². The number of nitrogens with zero attached hydrogens (tertiary/aromatic N) is 1. The third-order valence-corrected chi connectivity index (χ3v) is 8.02. The molecular weight excluding hydrogens is 366 g/mol. The number of hydrogen-bond acceptors (Lipinski definition) is 5. The molecule has 1 aromatic rings. The van der Waals surface area contributed by atoms with Crippen molar-refractivity contribution in [3.05, 3.63) is 29.8 Å². The topological polar surface area (TPSA) is 87.7 Å². The van der Waals surface area contributed by atoms with E-state index >= 15 is 0 Å². The van der Waals surface area contributed by atoms with Crippen LogP contribution in [0.4, 0.5) is 0 Å². The number of ether oxygens (including phenoxy) is 1. The van der Waals surface area contributed by atoms with Crippen molar-refractivity contribution in [2.24, 2.45) is 11.3 Å². The van der Waals surface area contributed by atoms with E-state index in [-0.39, 0.29) is 22.1 Å². The fourth-order valence-electron chi connectivity index (χ4n) is 4.22. The highest BCUT2D eigenvalue weighted by Crippen LogP contribution is 2.58. The molecule has 1 atom stereocenters. The number of carbonyl (C=O) groups is 1. The van der Waals surface area contributed by atoms with Crippen molar-refractivity contribution in [3.63, 3.8) is 0 Å². The van der Waals surface area contributed by atoms with Gasteiger partial charge in [0.15, 0.2) is 0 Å². The summed E-state index contributed by atoms with van der Waals surface area (Å²) >= 11 is 0. The Balaban J connectivity index is 1.32. The van der Waals surface area contributed by atoms with Gasteiger partial charge < -0.3 is 15.4 Å². The molecule has 2 N–H and O–H groups in total. The largest absolute Gasteiger partial charge is 0.379 e. The molecule has 4 rings (SSSR count).